The Bertz CT molecular complexity index is 714. The third-order valence-electron chi connectivity index (χ3n) is 4.27. The Labute approximate surface area is 157 Å². The zero-order valence-electron chi connectivity index (χ0n) is 16.2. The first-order valence-corrected chi connectivity index (χ1v) is 10.6. The van der Waals surface area contributed by atoms with E-state index in [2.05, 4.69) is 4.74 Å². The molecule has 0 N–H and O–H groups in total. The summed E-state index contributed by atoms with van der Waals surface area (Å²) < 4.78 is 28.0. The number of carbonyl (C=O) groups is 2. The molecule has 0 bridgehead atoms. The molecule has 0 aromatic heterocycles. The molecule has 0 fully saturated rings. The lowest BCUT2D eigenvalue weighted by Crippen LogP contribution is -2.30. The molecule has 0 spiro atoms. The Balaban J connectivity index is 2.37. The molecule has 26 heavy (non-hydrogen) atoms. The molecule has 5 nitrogen and oxygen atoms in total. The van der Waals surface area contributed by atoms with E-state index < -0.39 is 14.6 Å². The van der Waals surface area contributed by atoms with Crippen molar-refractivity contribution in [2.24, 2.45) is 0 Å². The summed E-state index contributed by atoms with van der Waals surface area (Å²) in [6.07, 6.45) is 2.97. The third kappa shape index (κ3) is 7.68. The topological polar surface area (TPSA) is 77.5 Å². The predicted molar refractivity (Wildman–Crippen MR) is 103 cm³/mol. The van der Waals surface area contributed by atoms with E-state index in [0.717, 1.165) is 17.5 Å². The number of sulfone groups is 1. The van der Waals surface area contributed by atoms with Crippen molar-refractivity contribution in [3.8, 4) is 0 Å². The lowest BCUT2D eigenvalue weighted by atomic mass is 10.0. The molecule has 1 aromatic rings. The van der Waals surface area contributed by atoms with Crippen LogP contribution in [0.3, 0.4) is 0 Å². The van der Waals surface area contributed by atoms with Crippen LogP contribution in [-0.2, 0) is 37.0 Å². The molecule has 1 rings (SSSR count). The van der Waals surface area contributed by atoms with Crippen LogP contribution in [0.5, 0.6) is 0 Å². The molecule has 0 unspecified atom stereocenters. The van der Waals surface area contributed by atoms with E-state index in [1.165, 1.54) is 7.11 Å². The van der Waals surface area contributed by atoms with Gasteiger partial charge < -0.3 is 4.74 Å². The normalized spacial score (nSPS) is 12.0. The molecule has 0 aliphatic heterocycles. The van der Waals surface area contributed by atoms with Crippen LogP contribution >= 0.6 is 0 Å². The van der Waals surface area contributed by atoms with Crippen LogP contribution in [0.25, 0.3) is 0 Å². The molecular formula is C20H30O5S. The van der Waals surface area contributed by atoms with Gasteiger partial charge in [-0.3, -0.25) is 9.59 Å². The highest BCUT2D eigenvalue weighted by Crippen LogP contribution is 2.18. The average molecular weight is 383 g/mol. The fourth-order valence-corrected chi connectivity index (χ4v) is 3.70. The van der Waals surface area contributed by atoms with Crippen molar-refractivity contribution in [3.05, 3.63) is 35.4 Å². The number of methoxy groups -OCH3 is 1. The molecule has 1 aromatic carbocycles. The maximum absolute atomic E-state index is 12.1. The fourth-order valence-electron chi connectivity index (χ4n) is 2.50. The van der Waals surface area contributed by atoms with Crippen LogP contribution in [0, 0.1) is 0 Å². The van der Waals surface area contributed by atoms with Gasteiger partial charge in [-0.25, -0.2) is 8.42 Å². The number of rotatable bonds is 10. The number of hydrogen-bond donors (Lipinski definition) is 0. The zero-order valence-corrected chi connectivity index (χ0v) is 17.0. The molecule has 0 atom stereocenters. The monoisotopic (exact) mass is 382 g/mol. The van der Waals surface area contributed by atoms with Crippen LogP contribution in [0.2, 0.25) is 0 Å². The molecule has 0 saturated carbocycles. The summed E-state index contributed by atoms with van der Waals surface area (Å²) in [5.74, 6) is -0.0159. The van der Waals surface area contributed by atoms with Crippen LogP contribution in [-0.4, -0.2) is 37.8 Å². The second-order valence-electron chi connectivity index (χ2n) is 7.53. The summed E-state index contributed by atoms with van der Waals surface area (Å²) in [6.45, 7) is 5.13. The summed E-state index contributed by atoms with van der Waals surface area (Å²) in [6, 6.07) is 7.39. The van der Waals surface area contributed by atoms with E-state index in [1.807, 2.05) is 24.3 Å². The van der Waals surface area contributed by atoms with Gasteiger partial charge in [-0.05, 0) is 44.7 Å². The maximum Gasteiger partial charge on any atom is 0.309 e. The van der Waals surface area contributed by atoms with Gasteiger partial charge in [-0.2, -0.15) is 0 Å². The number of Topliss-reactive ketones (excluding diaryl/α,β-unsaturated/α-hetero) is 1. The van der Waals surface area contributed by atoms with Crippen molar-refractivity contribution in [1.82, 2.24) is 0 Å². The molecule has 0 amide bonds. The largest absolute Gasteiger partial charge is 0.469 e. The number of hydrogen-bond acceptors (Lipinski definition) is 5. The van der Waals surface area contributed by atoms with Gasteiger partial charge in [0.2, 0.25) is 0 Å². The number of unbranched alkanes of at least 4 members (excludes halogenated alkanes) is 2. The van der Waals surface area contributed by atoms with Gasteiger partial charge in [0.1, 0.15) is 5.78 Å². The van der Waals surface area contributed by atoms with Gasteiger partial charge in [0.15, 0.2) is 9.84 Å². The van der Waals surface area contributed by atoms with Gasteiger partial charge in [-0.15, -0.1) is 0 Å². The van der Waals surface area contributed by atoms with Crippen LogP contribution in [0.1, 0.15) is 57.6 Å². The van der Waals surface area contributed by atoms with E-state index in [1.54, 1.807) is 20.8 Å². The zero-order chi connectivity index (χ0) is 19.8. The number of esters is 1. The van der Waals surface area contributed by atoms with Gasteiger partial charge in [-0.1, -0.05) is 30.7 Å². The summed E-state index contributed by atoms with van der Waals surface area (Å²) in [4.78, 5) is 23.4. The van der Waals surface area contributed by atoms with Crippen molar-refractivity contribution >= 4 is 21.6 Å². The van der Waals surface area contributed by atoms with Crippen molar-refractivity contribution in [1.29, 1.82) is 0 Å². The van der Waals surface area contributed by atoms with E-state index in [-0.39, 0.29) is 23.9 Å². The molecule has 0 heterocycles. The number of benzene rings is 1. The van der Waals surface area contributed by atoms with Crippen molar-refractivity contribution in [2.75, 3.05) is 12.9 Å². The van der Waals surface area contributed by atoms with Gasteiger partial charge >= 0.3 is 5.97 Å². The van der Waals surface area contributed by atoms with E-state index in [0.29, 0.717) is 25.7 Å². The Morgan fingerprint density at radius 1 is 1.00 bits per heavy atom. The molecule has 0 saturated heterocycles. The standard InChI is InChI=1S/C20H30O5S/c1-20(2,3)26(23,24)12-7-5-6-11-18(21)14-16-9-8-10-17(13-16)15-19(22)25-4/h8-10,13H,5-7,11-12,14-15H2,1-4H3. The molecule has 0 aliphatic carbocycles. The average Bonchev–Trinajstić information content (AvgIpc) is 2.53. The highest BCUT2D eigenvalue weighted by atomic mass is 32.2. The summed E-state index contributed by atoms with van der Waals surface area (Å²) in [5.41, 5.74) is 1.71. The van der Waals surface area contributed by atoms with Gasteiger partial charge in [0.25, 0.3) is 0 Å². The number of ether oxygens (including phenoxy) is 1. The first kappa shape index (κ1) is 22.4. The maximum atomic E-state index is 12.1. The van der Waals surface area contributed by atoms with E-state index in [4.69, 9.17) is 0 Å². The van der Waals surface area contributed by atoms with E-state index >= 15 is 0 Å². The fraction of sp³-hybridized carbons (Fsp3) is 0.600. The summed E-state index contributed by atoms with van der Waals surface area (Å²) in [5, 5.41) is 0. The minimum absolute atomic E-state index is 0.124. The minimum atomic E-state index is -3.09. The van der Waals surface area contributed by atoms with Crippen LogP contribution in [0.4, 0.5) is 0 Å². The Morgan fingerprint density at radius 3 is 2.19 bits per heavy atom. The highest BCUT2D eigenvalue weighted by Gasteiger charge is 2.27. The number of carbonyl (C=O) groups excluding carboxylic acids is 2. The number of ketones is 1. The summed E-state index contributed by atoms with van der Waals surface area (Å²) >= 11 is 0. The first-order chi connectivity index (χ1) is 12.0. The van der Waals surface area contributed by atoms with E-state index in [9.17, 15) is 18.0 Å². The molecule has 6 heteroatoms. The first-order valence-electron chi connectivity index (χ1n) is 8.94. The highest BCUT2D eigenvalue weighted by molar-refractivity contribution is 7.92. The van der Waals surface area contributed by atoms with Crippen molar-refractivity contribution in [3.63, 3.8) is 0 Å². The van der Waals surface area contributed by atoms with Crippen molar-refractivity contribution in [2.45, 2.75) is 64.0 Å². The Morgan fingerprint density at radius 2 is 1.62 bits per heavy atom. The molecule has 0 radical (unpaired) electrons. The second-order valence-corrected chi connectivity index (χ2v) is 10.4. The molecule has 146 valence electrons. The predicted octanol–water partition coefficient (Wildman–Crippen LogP) is 3.29. The smallest absolute Gasteiger partial charge is 0.309 e. The Kier molecular flexibility index (Phi) is 8.47. The lowest BCUT2D eigenvalue weighted by molar-refractivity contribution is -0.139. The van der Waals surface area contributed by atoms with Crippen molar-refractivity contribution < 1.29 is 22.7 Å². The third-order valence-corrected chi connectivity index (χ3v) is 6.96. The Hall–Kier alpha value is -1.69. The van der Waals surface area contributed by atoms with Gasteiger partial charge in [0, 0.05) is 12.8 Å². The second kappa shape index (κ2) is 9.86. The van der Waals surface area contributed by atoms with Gasteiger partial charge in [0.05, 0.1) is 24.0 Å². The lowest BCUT2D eigenvalue weighted by Gasteiger charge is -2.18. The molecule has 0 aliphatic rings. The van der Waals surface area contributed by atoms with Crippen LogP contribution < -0.4 is 0 Å². The minimum Gasteiger partial charge on any atom is -0.469 e. The molecular weight excluding hydrogens is 352 g/mol. The summed E-state index contributed by atoms with van der Waals surface area (Å²) in [7, 11) is -1.74. The van der Waals surface area contributed by atoms with Crippen LogP contribution in [0.15, 0.2) is 24.3 Å². The SMILES string of the molecule is COC(=O)Cc1cccc(CC(=O)CCCCCS(=O)(=O)C(C)(C)C)c1. The quantitative estimate of drug-likeness (QED) is 0.458.